The Kier molecular flexibility index (Phi) is 8.62. The van der Waals surface area contributed by atoms with E-state index in [0.29, 0.717) is 29.2 Å². The maximum absolute atomic E-state index is 17.1. The topological polar surface area (TPSA) is 91.3 Å². The Hall–Kier alpha value is -4.74. The highest BCUT2D eigenvalue weighted by Crippen LogP contribution is 2.49. The van der Waals surface area contributed by atoms with Crippen LogP contribution in [0.4, 0.5) is 27.8 Å². The third kappa shape index (κ3) is 6.39. The lowest BCUT2D eigenvalue weighted by atomic mass is 9.93. The molecule has 9 rings (SSSR count). The van der Waals surface area contributed by atoms with Crippen molar-refractivity contribution in [3.63, 3.8) is 0 Å². The smallest absolute Gasteiger partial charge is 0.471 e. The molecule has 5 heterocycles. The fourth-order valence-electron chi connectivity index (χ4n) is 9.51. The first-order chi connectivity index (χ1) is 26.4. The van der Waals surface area contributed by atoms with Gasteiger partial charge in [0, 0.05) is 66.6 Å². The summed E-state index contributed by atoms with van der Waals surface area (Å²) in [5, 5.41) is 11.5. The molecule has 1 N–H and O–H groups in total. The Balaban J connectivity index is 1.09. The lowest BCUT2D eigenvalue weighted by Gasteiger charge is -2.42. The number of rotatable bonds is 7. The van der Waals surface area contributed by atoms with Crippen LogP contribution in [0.15, 0.2) is 36.4 Å². The van der Waals surface area contributed by atoms with E-state index in [-0.39, 0.29) is 64.8 Å². The summed E-state index contributed by atoms with van der Waals surface area (Å²) < 4.78 is 86.8. The van der Waals surface area contributed by atoms with Crippen molar-refractivity contribution < 1.29 is 41.3 Å². The Bertz CT molecular complexity index is 2230. The second-order valence-electron chi connectivity index (χ2n) is 16.1. The maximum Gasteiger partial charge on any atom is 0.471 e. The second-order valence-corrected chi connectivity index (χ2v) is 16.1. The maximum atomic E-state index is 17.1. The van der Waals surface area contributed by atoms with E-state index in [1.165, 1.54) is 12.1 Å². The molecule has 55 heavy (non-hydrogen) atoms. The van der Waals surface area contributed by atoms with Gasteiger partial charge in [-0.2, -0.15) is 23.1 Å². The molecule has 0 radical (unpaired) electrons. The van der Waals surface area contributed by atoms with Crippen molar-refractivity contribution in [2.45, 2.75) is 75.2 Å². The summed E-state index contributed by atoms with van der Waals surface area (Å²) in [4.78, 5) is 26.6. The van der Waals surface area contributed by atoms with Crippen molar-refractivity contribution in [3.8, 4) is 35.2 Å². The monoisotopic (exact) mass is 761 g/mol. The molecule has 5 fully saturated rings. The van der Waals surface area contributed by atoms with Crippen molar-refractivity contribution >= 4 is 33.4 Å². The highest BCUT2D eigenvalue weighted by atomic mass is 19.4. The average molecular weight is 762 g/mol. The Morgan fingerprint density at radius 2 is 1.84 bits per heavy atom. The van der Waals surface area contributed by atoms with Crippen LogP contribution in [0, 0.1) is 29.4 Å². The van der Waals surface area contributed by atoms with Gasteiger partial charge in [0.25, 0.3) is 0 Å². The third-order valence-corrected chi connectivity index (χ3v) is 12.3. The van der Waals surface area contributed by atoms with Crippen molar-refractivity contribution in [2.24, 2.45) is 5.41 Å². The van der Waals surface area contributed by atoms with E-state index >= 15 is 8.78 Å². The number of carbonyl (C=O) groups excluding carboxylic acids is 1. The largest absolute Gasteiger partial charge is 0.508 e. The molecule has 3 atom stereocenters. The molecule has 288 valence electrons. The number of benzene rings is 3. The van der Waals surface area contributed by atoms with Crippen molar-refractivity contribution in [3.05, 3.63) is 53.6 Å². The van der Waals surface area contributed by atoms with Gasteiger partial charge in [-0.1, -0.05) is 18.1 Å². The number of ether oxygens (including phenoxy) is 2. The van der Waals surface area contributed by atoms with Gasteiger partial charge in [0.1, 0.15) is 22.9 Å². The Morgan fingerprint density at radius 1 is 1.05 bits per heavy atom. The van der Waals surface area contributed by atoms with Crippen LogP contribution in [0.5, 0.6) is 11.8 Å². The number of hydrogen-bond donors (Lipinski definition) is 1. The number of phenolic OH excluding ortho intramolecular Hbond substituents is 1. The first-order valence-corrected chi connectivity index (χ1v) is 18.9. The van der Waals surface area contributed by atoms with E-state index in [4.69, 9.17) is 15.9 Å². The zero-order valence-corrected chi connectivity index (χ0v) is 30.1. The Morgan fingerprint density at radius 3 is 2.53 bits per heavy atom. The van der Waals surface area contributed by atoms with Gasteiger partial charge >= 0.3 is 18.1 Å². The van der Waals surface area contributed by atoms with Crippen molar-refractivity contribution in [1.29, 1.82) is 0 Å². The van der Waals surface area contributed by atoms with Gasteiger partial charge < -0.3 is 24.4 Å². The molecule has 14 heteroatoms. The number of anilines is 1. The van der Waals surface area contributed by atoms with Gasteiger partial charge in [-0.05, 0) is 81.0 Å². The summed E-state index contributed by atoms with van der Waals surface area (Å²) >= 11 is 0. The molecule has 4 aromatic rings. The highest BCUT2D eigenvalue weighted by Gasteiger charge is 2.52. The number of aromatic nitrogens is 2. The quantitative estimate of drug-likeness (QED) is 0.160. The van der Waals surface area contributed by atoms with Gasteiger partial charge in [0.05, 0.1) is 29.9 Å². The number of terminal acetylenes is 1. The molecule has 1 aromatic heterocycles. The number of fused-ring (bicyclic) bond motifs is 4. The van der Waals surface area contributed by atoms with E-state index in [0.717, 1.165) is 75.7 Å². The molecule has 4 saturated heterocycles. The number of phenols is 1. The van der Waals surface area contributed by atoms with Crippen LogP contribution < -0.4 is 9.64 Å². The van der Waals surface area contributed by atoms with E-state index in [9.17, 15) is 23.1 Å². The van der Waals surface area contributed by atoms with Gasteiger partial charge in [0.15, 0.2) is 5.82 Å². The summed E-state index contributed by atoms with van der Waals surface area (Å²) in [6.07, 6.45) is 7.57. The van der Waals surface area contributed by atoms with Crippen LogP contribution in [-0.4, -0.2) is 101 Å². The van der Waals surface area contributed by atoms with Crippen LogP contribution in [0.25, 0.3) is 32.8 Å². The predicted octanol–water partition coefficient (Wildman–Crippen LogP) is 6.96. The fourth-order valence-corrected chi connectivity index (χ4v) is 9.51. The van der Waals surface area contributed by atoms with Crippen molar-refractivity contribution in [2.75, 3.05) is 50.8 Å². The zero-order valence-electron chi connectivity index (χ0n) is 30.1. The lowest BCUT2D eigenvalue weighted by Crippen LogP contribution is -2.59. The summed E-state index contributed by atoms with van der Waals surface area (Å²) in [5.74, 6) is -1.46. The summed E-state index contributed by atoms with van der Waals surface area (Å²) in [5.41, 5.74) is -0.574. The number of aromatic hydroxyl groups is 1. The first-order valence-electron chi connectivity index (χ1n) is 18.9. The van der Waals surface area contributed by atoms with Crippen LogP contribution >= 0.6 is 0 Å². The minimum absolute atomic E-state index is 0.00119. The molecule has 5 aliphatic rings. The lowest BCUT2D eigenvalue weighted by molar-refractivity contribution is -0.188. The minimum Gasteiger partial charge on any atom is -0.508 e. The van der Waals surface area contributed by atoms with E-state index in [1.807, 2.05) is 0 Å². The van der Waals surface area contributed by atoms with E-state index in [2.05, 4.69) is 20.8 Å². The molecule has 1 amide bonds. The van der Waals surface area contributed by atoms with Gasteiger partial charge in [-0.25, -0.2) is 8.78 Å². The number of hydrogen-bond acceptors (Lipinski definition) is 8. The molecule has 3 aromatic carbocycles. The van der Waals surface area contributed by atoms with Gasteiger partial charge in [0.2, 0.25) is 0 Å². The number of piperazine rings is 1. The van der Waals surface area contributed by atoms with Crippen LogP contribution in [0.2, 0.25) is 0 Å². The number of likely N-dealkylation sites (tertiary alicyclic amines) is 1. The summed E-state index contributed by atoms with van der Waals surface area (Å²) in [6, 6.07) is 7.12. The molecular weight excluding hydrogens is 721 g/mol. The van der Waals surface area contributed by atoms with Gasteiger partial charge in [-0.3, -0.25) is 9.69 Å². The van der Waals surface area contributed by atoms with Crippen LogP contribution in [0.3, 0.4) is 0 Å². The molecule has 9 nitrogen and oxygen atoms in total. The normalized spacial score (nSPS) is 24.9. The van der Waals surface area contributed by atoms with E-state index < -0.39 is 41.4 Å². The molecule has 2 bridgehead atoms. The highest BCUT2D eigenvalue weighted by molar-refractivity contribution is 6.04. The molecule has 1 aliphatic carbocycles. The number of amides is 1. The molecule has 3 unspecified atom stereocenters. The number of halogens is 5. The zero-order chi connectivity index (χ0) is 38.3. The number of alkyl halides is 3. The molecule has 1 saturated carbocycles. The minimum atomic E-state index is -5.03. The predicted molar refractivity (Wildman–Crippen MR) is 195 cm³/mol. The van der Waals surface area contributed by atoms with Crippen molar-refractivity contribution in [1.82, 2.24) is 19.8 Å². The standard InChI is InChI=1S/C41H40F5N5O4/c1-2-24-6-5-7-25-16-28(52)17-29(32(24)25)33-31(42)18-30-35(34(33)43)47-38(48-36(30)50-19-26-8-9-27(20-50)51(26)37(53)41(44,45)46)54-23-39(11-12-39)21-49-14-13-40(22-49)10-3-4-15-55-40/h1,5-7,16-18,26-27,52H,3-4,8-15,19-23H2. The first kappa shape index (κ1) is 35.9. The van der Waals surface area contributed by atoms with Crippen LogP contribution in [0.1, 0.15) is 56.9 Å². The summed E-state index contributed by atoms with van der Waals surface area (Å²) in [7, 11) is 0. The fraction of sp³-hybridized carbons (Fsp3) is 0.488. The molecule has 4 aliphatic heterocycles. The number of carbonyl (C=O) groups is 1. The average Bonchev–Trinajstić information content (AvgIpc) is 3.75. The number of nitrogens with zero attached hydrogens (tertiary/aromatic N) is 5. The Labute approximate surface area is 314 Å². The molecule has 1 spiro atoms. The second kappa shape index (κ2) is 13.2. The SMILES string of the molecule is C#Cc1cccc2cc(O)cc(-c3c(F)cc4c(N5CC6CCC(C5)N6C(=O)C(F)(F)F)nc(OCC5(CN6CCC7(CCCCO7)C6)CC5)nc4c3F)c12. The van der Waals surface area contributed by atoms with Crippen LogP contribution in [-0.2, 0) is 9.53 Å². The van der Waals surface area contributed by atoms with Gasteiger partial charge in [-0.15, -0.1) is 6.42 Å². The molecular formula is C41H40F5N5O4. The van der Waals surface area contributed by atoms with E-state index in [1.54, 1.807) is 23.1 Å². The third-order valence-electron chi connectivity index (χ3n) is 12.3. The summed E-state index contributed by atoms with van der Waals surface area (Å²) in [6.45, 7) is 3.56.